The Balaban J connectivity index is 1.52. The lowest BCUT2D eigenvalue weighted by molar-refractivity contribution is -0.116. The molecule has 0 unspecified atom stereocenters. The number of hydrogen-bond acceptors (Lipinski definition) is 4. The number of hydrogen-bond donors (Lipinski definition) is 2. The quantitative estimate of drug-likeness (QED) is 0.613. The molecule has 7 heteroatoms. The van der Waals surface area contributed by atoms with Crippen molar-refractivity contribution in [2.45, 2.75) is 24.7 Å². The lowest BCUT2D eigenvalue weighted by Gasteiger charge is -2.09. The Morgan fingerprint density at radius 1 is 1.04 bits per heavy atom. The largest absolute Gasteiger partial charge is 0.324 e. The van der Waals surface area contributed by atoms with E-state index in [0.717, 1.165) is 16.5 Å². The van der Waals surface area contributed by atoms with E-state index in [4.69, 9.17) is 0 Å². The molecule has 2 N–H and O–H groups in total. The highest BCUT2D eigenvalue weighted by molar-refractivity contribution is 7.89. The first-order chi connectivity index (χ1) is 13.0. The van der Waals surface area contributed by atoms with E-state index in [-0.39, 0.29) is 23.8 Å². The molecule has 3 aromatic rings. The standard InChI is InChI=1S/C20H21N3O3S/c1-15-9-11-17(12-10-15)27(25,26)22-14-4-8-19(24)23-18-7-2-5-16-6-3-13-21-20(16)18/h2-3,5-7,9-13,22H,4,8,14H2,1H3,(H,23,24). The minimum atomic E-state index is -3.55. The molecule has 0 bridgehead atoms. The molecule has 1 aromatic heterocycles. The summed E-state index contributed by atoms with van der Waals surface area (Å²) in [6.45, 7) is 2.09. The van der Waals surface area contributed by atoms with Gasteiger partial charge in [-0.05, 0) is 37.6 Å². The van der Waals surface area contributed by atoms with E-state index in [1.54, 1.807) is 36.5 Å². The SMILES string of the molecule is Cc1ccc(S(=O)(=O)NCCCC(=O)Nc2cccc3cccnc23)cc1. The Hall–Kier alpha value is -2.77. The van der Waals surface area contributed by atoms with Crippen LogP contribution in [0, 0.1) is 6.92 Å². The molecule has 0 radical (unpaired) electrons. The number of pyridine rings is 1. The van der Waals surface area contributed by atoms with Gasteiger partial charge in [-0.2, -0.15) is 0 Å². The second kappa shape index (κ2) is 8.28. The Labute approximate surface area is 158 Å². The molecule has 2 aromatic carbocycles. The Morgan fingerprint density at radius 2 is 1.78 bits per heavy atom. The molecule has 0 spiro atoms. The molecular weight excluding hydrogens is 362 g/mol. The van der Waals surface area contributed by atoms with Gasteiger partial charge in [0.25, 0.3) is 0 Å². The third kappa shape index (κ3) is 4.90. The number of rotatable bonds is 7. The fourth-order valence-electron chi connectivity index (χ4n) is 2.67. The topological polar surface area (TPSA) is 88.2 Å². The van der Waals surface area contributed by atoms with Crippen molar-refractivity contribution in [3.8, 4) is 0 Å². The van der Waals surface area contributed by atoms with Crippen LogP contribution in [0.25, 0.3) is 10.9 Å². The van der Waals surface area contributed by atoms with Gasteiger partial charge in [0.2, 0.25) is 15.9 Å². The molecule has 0 aliphatic carbocycles. The number of fused-ring (bicyclic) bond motifs is 1. The first-order valence-corrected chi connectivity index (χ1v) is 10.1. The monoisotopic (exact) mass is 383 g/mol. The molecular formula is C20H21N3O3S. The maximum absolute atomic E-state index is 12.2. The van der Waals surface area contributed by atoms with Gasteiger partial charge in [-0.25, -0.2) is 13.1 Å². The van der Waals surface area contributed by atoms with E-state index >= 15 is 0 Å². The Bertz CT molecular complexity index is 1040. The molecule has 0 fully saturated rings. The van der Waals surface area contributed by atoms with Crippen LogP contribution >= 0.6 is 0 Å². The minimum Gasteiger partial charge on any atom is -0.324 e. The van der Waals surface area contributed by atoms with Crippen LogP contribution in [0.1, 0.15) is 18.4 Å². The maximum atomic E-state index is 12.2. The second-order valence-electron chi connectivity index (χ2n) is 6.24. The van der Waals surface area contributed by atoms with Gasteiger partial charge in [-0.15, -0.1) is 0 Å². The van der Waals surface area contributed by atoms with Crippen molar-refractivity contribution >= 4 is 32.5 Å². The Morgan fingerprint density at radius 3 is 2.56 bits per heavy atom. The molecule has 140 valence electrons. The zero-order valence-corrected chi connectivity index (χ0v) is 15.8. The van der Waals surface area contributed by atoms with Gasteiger partial charge in [0.15, 0.2) is 0 Å². The van der Waals surface area contributed by atoms with E-state index < -0.39 is 10.0 Å². The van der Waals surface area contributed by atoms with E-state index in [9.17, 15) is 13.2 Å². The van der Waals surface area contributed by atoms with Gasteiger partial charge in [0.05, 0.1) is 16.1 Å². The third-order valence-corrected chi connectivity index (χ3v) is 5.59. The first-order valence-electron chi connectivity index (χ1n) is 8.66. The summed E-state index contributed by atoms with van der Waals surface area (Å²) in [5, 5.41) is 3.79. The number of para-hydroxylation sites is 1. The summed E-state index contributed by atoms with van der Waals surface area (Å²) in [5.74, 6) is -0.178. The Kier molecular flexibility index (Phi) is 5.83. The number of nitrogens with zero attached hydrogens (tertiary/aromatic N) is 1. The average molecular weight is 383 g/mol. The number of nitrogens with one attached hydrogen (secondary N) is 2. The highest BCUT2D eigenvalue weighted by atomic mass is 32.2. The summed E-state index contributed by atoms with van der Waals surface area (Å²) in [6, 6.07) is 16.0. The number of sulfonamides is 1. The highest BCUT2D eigenvalue weighted by Gasteiger charge is 2.13. The molecule has 0 atom stereocenters. The van der Waals surface area contributed by atoms with E-state index in [2.05, 4.69) is 15.0 Å². The van der Waals surface area contributed by atoms with Crippen molar-refractivity contribution < 1.29 is 13.2 Å². The fourth-order valence-corrected chi connectivity index (χ4v) is 3.75. The zero-order valence-electron chi connectivity index (χ0n) is 15.0. The normalized spacial score (nSPS) is 11.4. The highest BCUT2D eigenvalue weighted by Crippen LogP contribution is 2.20. The smallest absolute Gasteiger partial charge is 0.240 e. The third-order valence-electron chi connectivity index (χ3n) is 4.11. The summed E-state index contributed by atoms with van der Waals surface area (Å²) < 4.78 is 26.9. The second-order valence-corrected chi connectivity index (χ2v) is 8.01. The lowest BCUT2D eigenvalue weighted by Crippen LogP contribution is -2.25. The van der Waals surface area contributed by atoms with Crippen LogP contribution in [0.5, 0.6) is 0 Å². The van der Waals surface area contributed by atoms with Crippen molar-refractivity contribution in [1.29, 1.82) is 0 Å². The van der Waals surface area contributed by atoms with Crippen LogP contribution in [0.4, 0.5) is 5.69 Å². The molecule has 27 heavy (non-hydrogen) atoms. The van der Waals surface area contributed by atoms with Gasteiger partial charge >= 0.3 is 0 Å². The summed E-state index contributed by atoms with van der Waals surface area (Å²) >= 11 is 0. The summed E-state index contributed by atoms with van der Waals surface area (Å²) in [7, 11) is -3.55. The van der Waals surface area contributed by atoms with Crippen LogP contribution in [0.3, 0.4) is 0 Å². The maximum Gasteiger partial charge on any atom is 0.240 e. The van der Waals surface area contributed by atoms with Crippen LogP contribution in [-0.4, -0.2) is 25.9 Å². The zero-order chi connectivity index (χ0) is 19.3. The van der Waals surface area contributed by atoms with Gasteiger partial charge < -0.3 is 5.32 Å². The molecule has 1 heterocycles. The van der Waals surface area contributed by atoms with Crippen LogP contribution < -0.4 is 10.0 Å². The molecule has 6 nitrogen and oxygen atoms in total. The van der Waals surface area contributed by atoms with E-state index in [0.29, 0.717) is 12.1 Å². The van der Waals surface area contributed by atoms with Gasteiger partial charge in [-0.1, -0.05) is 35.9 Å². The number of amides is 1. The lowest BCUT2D eigenvalue weighted by atomic mass is 10.2. The van der Waals surface area contributed by atoms with Crippen molar-refractivity contribution in [3.63, 3.8) is 0 Å². The van der Waals surface area contributed by atoms with Crippen molar-refractivity contribution in [1.82, 2.24) is 9.71 Å². The van der Waals surface area contributed by atoms with Gasteiger partial charge in [0.1, 0.15) is 0 Å². The molecule has 1 amide bonds. The van der Waals surface area contributed by atoms with E-state index in [1.165, 1.54) is 0 Å². The molecule has 0 aliphatic heterocycles. The molecule has 0 aliphatic rings. The predicted octanol–water partition coefficient (Wildman–Crippen LogP) is 3.24. The average Bonchev–Trinajstić information content (AvgIpc) is 2.66. The minimum absolute atomic E-state index is 0.178. The van der Waals surface area contributed by atoms with Crippen molar-refractivity contribution in [2.24, 2.45) is 0 Å². The fraction of sp³-hybridized carbons (Fsp3) is 0.200. The van der Waals surface area contributed by atoms with Crippen LogP contribution in [-0.2, 0) is 14.8 Å². The molecule has 0 saturated heterocycles. The van der Waals surface area contributed by atoms with Gasteiger partial charge in [0, 0.05) is 24.5 Å². The number of anilines is 1. The number of aromatic nitrogens is 1. The van der Waals surface area contributed by atoms with E-state index in [1.807, 2.05) is 31.2 Å². The van der Waals surface area contributed by atoms with Crippen molar-refractivity contribution in [3.05, 3.63) is 66.4 Å². The summed E-state index contributed by atoms with van der Waals surface area (Å²) in [5.41, 5.74) is 2.38. The summed E-state index contributed by atoms with van der Waals surface area (Å²) in [6.07, 6.45) is 2.28. The van der Waals surface area contributed by atoms with Gasteiger partial charge in [-0.3, -0.25) is 9.78 Å². The predicted molar refractivity (Wildman–Crippen MR) is 106 cm³/mol. The summed E-state index contributed by atoms with van der Waals surface area (Å²) in [4.78, 5) is 16.7. The number of benzene rings is 2. The number of carbonyl (C=O) groups is 1. The molecule has 0 saturated carbocycles. The number of aryl methyl sites for hydroxylation is 1. The van der Waals surface area contributed by atoms with Crippen LogP contribution in [0.15, 0.2) is 65.7 Å². The first kappa shape index (κ1) is 19.0. The number of carbonyl (C=O) groups excluding carboxylic acids is 1. The molecule has 3 rings (SSSR count). The van der Waals surface area contributed by atoms with Crippen LogP contribution in [0.2, 0.25) is 0 Å². The van der Waals surface area contributed by atoms with Crippen molar-refractivity contribution in [2.75, 3.05) is 11.9 Å².